The molecule has 1 atom stereocenters. The molecular formula is C17H17FN2O. The first kappa shape index (κ1) is 13.6. The van der Waals surface area contributed by atoms with Crippen molar-refractivity contribution in [1.29, 1.82) is 0 Å². The Hall–Kier alpha value is -2.36. The van der Waals surface area contributed by atoms with Crippen LogP contribution in [0.1, 0.15) is 29.2 Å². The molecule has 2 aromatic rings. The Morgan fingerprint density at radius 3 is 2.52 bits per heavy atom. The number of carbonyl (C=O) groups is 1. The molecule has 3 nitrogen and oxygen atoms in total. The van der Waals surface area contributed by atoms with Crippen molar-refractivity contribution in [3.05, 3.63) is 65.0 Å². The SMILES string of the molecule is NC(=O)[C@@H](Nc1ccc2c(c1)CCC2)c1ccc(F)cc1. The lowest BCUT2D eigenvalue weighted by atomic mass is 10.0. The van der Waals surface area contributed by atoms with Gasteiger partial charge >= 0.3 is 0 Å². The molecular weight excluding hydrogens is 267 g/mol. The lowest BCUT2D eigenvalue weighted by Gasteiger charge is -2.18. The lowest BCUT2D eigenvalue weighted by molar-refractivity contribution is -0.118. The maximum atomic E-state index is 13.0. The van der Waals surface area contributed by atoms with E-state index in [0.717, 1.165) is 18.5 Å². The van der Waals surface area contributed by atoms with Gasteiger partial charge in [0.1, 0.15) is 11.9 Å². The number of carbonyl (C=O) groups excluding carboxylic acids is 1. The molecule has 0 aromatic heterocycles. The Labute approximate surface area is 123 Å². The monoisotopic (exact) mass is 284 g/mol. The summed E-state index contributed by atoms with van der Waals surface area (Å²) in [6.07, 6.45) is 3.37. The largest absolute Gasteiger partial charge is 0.370 e. The molecule has 1 amide bonds. The van der Waals surface area contributed by atoms with E-state index in [0.29, 0.717) is 5.56 Å². The van der Waals surface area contributed by atoms with Gasteiger partial charge in [-0.05, 0) is 60.2 Å². The second kappa shape index (κ2) is 5.56. The molecule has 0 saturated heterocycles. The molecule has 3 N–H and O–H groups in total. The van der Waals surface area contributed by atoms with E-state index >= 15 is 0 Å². The van der Waals surface area contributed by atoms with Gasteiger partial charge in [-0.3, -0.25) is 4.79 Å². The number of aryl methyl sites for hydroxylation is 2. The average Bonchev–Trinajstić information content (AvgIpc) is 2.93. The summed E-state index contributed by atoms with van der Waals surface area (Å²) >= 11 is 0. The number of amides is 1. The Kier molecular flexibility index (Phi) is 3.60. The molecule has 0 aliphatic heterocycles. The second-order valence-electron chi connectivity index (χ2n) is 5.37. The van der Waals surface area contributed by atoms with E-state index in [-0.39, 0.29) is 5.82 Å². The summed E-state index contributed by atoms with van der Waals surface area (Å²) in [4.78, 5) is 11.7. The molecule has 0 heterocycles. The molecule has 0 radical (unpaired) electrons. The number of fused-ring (bicyclic) bond motifs is 1. The molecule has 0 spiro atoms. The van der Waals surface area contributed by atoms with E-state index in [1.54, 1.807) is 12.1 Å². The van der Waals surface area contributed by atoms with Gasteiger partial charge < -0.3 is 11.1 Å². The van der Waals surface area contributed by atoms with Crippen LogP contribution in [0.2, 0.25) is 0 Å². The number of anilines is 1. The Balaban J connectivity index is 1.85. The van der Waals surface area contributed by atoms with Gasteiger partial charge in [0.15, 0.2) is 0 Å². The van der Waals surface area contributed by atoms with Gasteiger partial charge in [0.05, 0.1) is 0 Å². The highest BCUT2D eigenvalue weighted by molar-refractivity contribution is 5.84. The molecule has 0 saturated carbocycles. The zero-order valence-electron chi connectivity index (χ0n) is 11.6. The molecule has 1 aliphatic carbocycles. The lowest BCUT2D eigenvalue weighted by Crippen LogP contribution is -2.27. The maximum Gasteiger partial charge on any atom is 0.244 e. The summed E-state index contributed by atoms with van der Waals surface area (Å²) in [6, 6.07) is 11.3. The molecule has 21 heavy (non-hydrogen) atoms. The van der Waals surface area contributed by atoms with Crippen LogP contribution in [-0.2, 0) is 17.6 Å². The molecule has 0 fully saturated rings. The van der Waals surface area contributed by atoms with Crippen molar-refractivity contribution in [2.75, 3.05) is 5.32 Å². The van der Waals surface area contributed by atoms with Crippen LogP contribution in [0.4, 0.5) is 10.1 Å². The van der Waals surface area contributed by atoms with E-state index in [2.05, 4.69) is 17.4 Å². The van der Waals surface area contributed by atoms with Crippen LogP contribution >= 0.6 is 0 Å². The topological polar surface area (TPSA) is 55.1 Å². The van der Waals surface area contributed by atoms with Crippen LogP contribution in [0, 0.1) is 5.82 Å². The predicted octanol–water partition coefficient (Wildman–Crippen LogP) is 2.95. The predicted molar refractivity (Wildman–Crippen MR) is 80.4 cm³/mol. The van der Waals surface area contributed by atoms with E-state index in [1.165, 1.54) is 29.7 Å². The van der Waals surface area contributed by atoms with Gasteiger partial charge in [0.25, 0.3) is 0 Å². The van der Waals surface area contributed by atoms with Crippen molar-refractivity contribution in [3.8, 4) is 0 Å². The van der Waals surface area contributed by atoms with Crippen LogP contribution in [0.25, 0.3) is 0 Å². The third-order valence-electron chi connectivity index (χ3n) is 3.90. The van der Waals surface area contributed by atoms with Crippen molar-refractivity contribution in [3.63, 3.8) is 0 Å². The highest BCUT2D eigenvalue weighted by atomic mass is 19.1. The Morgan fingerprint density at radius 1 is 1.10 bits per heavy atom. The third kappa shape index (κ3) is 2.89. The standard InChI is InChI=1S/C17H17FN2O/c18-14-7-4-12(5-8-14)16(17(19)21)20-15-9-6-11-2-1-3-13(11)10-15/h4-10,16,20H,1-3H2,(H2,19,21)/t16-/m0/s1. The summed E-state index contributed by atoms with van der Waals surface area (Å²) < 4.78 is 13.0. The molecule has 2 aromatic carbocycles. The first-order chi connectivity index (χ1) is 10.1. The number of hydrogen-bond donors (Lipinski definition) is 2. The van der Waals surface area contributed by atoms with Crippen LogP contribution in [-0.4, -0.2) is 5.91 Å². The van der Waals surface area contributed by atoms with Crippen molar-refractivity contribution >= 4 is 11.6 Å². The number of nitrogens with one attached hydrogen (secondary N) is 1. The summed E-state index contributed by atoms with van der Waals surface area (Å²) in [5, 5.41) is 3.15. The fourth-order valence-electron chi connectivity index (χ4n) is 2.80. The average molecular weight is 284 g/mol. The molecule has 3 rings (SSSR count). The summed E-state index contributed by atoms with van der Waals surface area (Å²) in [7, 11) is 0. The number of primary amides is 1. The van der Waals surface area contributed by atoms with E-state index < -0.39 is 11.9 Å². The van der Waals surface area contributed by atoms with Gasteiger partial charge in [-0.25, -0.2) is 4.39 Å². The first-order valence-corrected chi connectivity index (χ1v) is 7.06. The number of nitrogens with two attached hydrogens (primary N) is 1. The van der Waals surface area contributed by atoms with Crippen LogP contribution in [0.3, 0.4) is 0 Å². The first-order valence-electron chi connectivity index (χ1n) is 7.06. The van der Waals surface area contributed by atoms with Gasteiger partial charge in [-0.2, -0.15) is 0 Å². The number of benzene rings is 2. The van der Waals surface area contributed by atoms with Crippen LogP contribution in [0.5, 0.6) is 0 Å². The molecule has 108 valence electrons. The zero-order valence-corrected chi connectivity index (χ0v) is 11.6. The minimum atomic E-state index is -0.662. The van der Waals surface area contributed by atoms with E-state index in [1.807, 2.05) is 6.07 Å². The number of rotatable bonds is 4. The quantitative estimate of drug-likeness (QED) is 0.907. The van der Waals surface area contributed by atoms with Crippen molar-refractivity contribution in [1.82, 2.24) is 0 Å². The molecule has 1 aliphatic rings. The van der Waals surface area contributed by atoms with Gasteiger partial charge in [-0.15, -0.1) is 0 Å². The molecule has 0 unspecified atom stereocenters. The summed E-state index contributed by atoms with van der Waals surface area (Å²) in [5.74, 6) is -0.818. The summed E-state index contributed by atoms with van der Waals surface area (Å²) in [5.41, 5.74) is 9.69. The van der Waals surface area contributed by atoms with E-state index in [4.69, 9.17) is 5.73 Å². The second-order valence-corrected chi connectivity index (χ2v) is 5.37. The van der Waals surface area contributed by atoms with Gasteiger partial charge in [0, 0.05) is 5.69 Å². The van der Waals surface area contributed by atoms with E-state index in [9.17, 15) is 9.18 Å². The minimum absolute atomic E-state index is 0.334. The Morgan fingerprint density at radius 2 is 1.81 bits per heavy atom. The smallest absolute Gasteiger partial charge is 0.244 e. The highest BCUT2D eigenvalue weighted by Gasteiger charge is 2.19. The minimum Gasteiger partial charge on any atom is -0.370 e. The fourth-order valence-corrected chi connectivity index (χ4v) is 2.80. The molecule has 4 heteroatoms. The van der Waals surface area contributed by atoms with Gasteiger partial charge in [0.2, 0.25) is 5.91 Å². The fraction of sp³-hybridized carbons (Fsp3) is 0.235. The highest BCUT2D eigenvalue weighted by Crippen LogP contribution is 2.27. The van der Waals surface area contributed by atoms with Gasteiger partial charge in [-0.1, -0.05) is 18.2 Å². The number of halogens is 1. The van der Waals surface area contributed by atoms with Crippen molar-refractivity contribution in [2.45, 2.75) is 25.3 Å². The zero-order chi connectivity index (χ0) is 14.8. The molecule has 0 bridgehead atoms. The van der Waals surface area contributed by atoms with Crippen LogP contribution < -0.4 is 11.1 Å². The Bertz CT molecular complexity index is 667. The normalized spacial score (nSPS) is 14.5. The summed E-state index contributed by atoms with van der Waals surface area (Å²) in [6.45, 7) is 0. The van der Waals surface area contributed by atoms with Crippen molar-refractivity contribution < 1.29 is 9.18 Å². The number of hydrogen-bond acceptors (Lipinski definition) is 2. The third-order valence-corrected chi connectivity index (χ3v) is 3.90. The van der Waals surface area contributed by atoms with Crippen LogP contribution in [0.15, 0.2) is 42.5 Å². The van der Waals surface area contributed by atoms with Crippen molar-refractivity contribution in [2.24, 2.45) is 5.73 Å². The maximum absolute atomic E-state index is 13.0.